The van der Waals surface area contributed by atoms with Crippen molar-refractivity contribution < 1.29 is 33.2 Å². The monoisotopic (exact) mass is 608 g/mol. The molecule has 4 aromatic carbocycles. The van der Waals surface area contributed by atoms with Gasteiger partial charge in [0.25, 0.3) is 0 Å². The van der Waals surface area contributed by atoms with E-state index in [0.717, 1.165) is 22.3 Å². The Morgan fingerprint density at radius 3 is 1.56 bits per heavy atom. The predicted octanol–water partition coefficient (Wildman–Crippen LogP) is 6.81. The highest BCUT2D eigenvalue weighted by Crippen LogP contribution is 2.33. The van der Waals surface area contributed by atoms with Crippen LogP contribution in [0.1, 0.15) is 29.2 Å². The summed E-state index contributed by atoms with van der Waals surface area (Å²) in [5, 5.41) is 0. The average Bonchev–Trinajstić information content (AvgIpc) is 3.08. The van der Waals surface area contributed by atoms with E-state index in [0.29, 0.717) is 32.2 Å². The summed E-state index contributed by atoms with van der Waals surface area (Å²) in [5.74, 6) is 0.131. The largest absolute Gasteiger partial charge is 0.487 e. The summed E-state index contributed by atoms with van der Waals surface area (Å²) >= 11 is 0. The van der Waals surface area contributed by atoms with E-state index in [1.165, 1.54) is 6.92 Å². The first-order valence-corrected chi connectivity index (χ1v) is 15.2. The number of hydrogen-bond acceptors (Lipinski definition) is 7. The standard InChI is InChI=1S/C38H40O7/c1-29(39)41-23-22-34-36(42-25-31-16-8-3-9-17-31)38(44-27-33-20-12-5-13-21-33)37(43-26-32-18-10-4-11-19-32)35(45-34)28-40-24-30-14-6-2-7-15-30/h2-22,35-38H,23-28H2,1H3/t35-,36-,37-,38-/m1/s1. The Labute approximate surface area is 265 Å². The predicted molar refractivity (Wildman–Crippen MR) is 171 cm³/mol. The number of benzene rings is 4. The zero-order valence-electron chi connectivity index (χ0n) is 25.5. The Hall–Kier alpha value is -4.27. The van der Waals surface area contributed by atoms with Crippen LogP contribution in [0.2, 0.25) is 0 Å². The first kappa shape index (κ1) is 32.1. The van der Waals surface area contributed by atoms with Gasteiger partial charge >= 0.3 is 5.97 Å². The van der Waals surface area contributed by atoms with Crippen LogP contribution in [-0.4, -0.2) is 43.6 Å². The summed E-state index contributed by atoms with van der Waals surface area (Å²) < 4.78 is 38.0. The molecule has 0 aromatic heterocycles. The molecule has 0 amide bonds. The van der Waals surface area contributed by atoms with Gasteiger partial charge in [-0.1, -0.05) is 121 Å². The van der Waals surface area contributed by atoms with Crippen LogP contribution in [0.5, 0.6) is 0 Å². The van der Waals surface area contributed by atoms with Gasteiger partial charge in [-0.3, -0.25) is 4.79 Å². The van der Waals surface area contributed by atoms with Crippen LogP contribution in [-0.2, 0) is 59.6 Å². The second-order valence-electron chi connectivity index (χ2n) is 10.8. The van der Waals surface area contributed by atoms with Gasteiger partial charge in [0, 0.05) is 6.92 Å². The maximum Gasteiger partial charge on any atom is 0.302 e. The van der Waals surface area contributed by atoms with Gasteiger partial charge in [-0.15, -0.1) is 0 Å². The molecule has 234 valence electrons. The number of carbonyl (C=O) groups excluding carboxylic acids is 1. The molecule has 1 heterocycles. The van der Waals surface area contributed by atoms with E-state index in [4.69, 9.17) is 28.4 Å². The molecule has 1 saturated heterocycles. The topological polar surface area (TPSA) is 72.5 Å². The second kappa shape index (κ2) is 17.3. The normalized spacial score (nSPS) is 20.4. The number of hydrogen-bond donors (Lipinski definition) is 0. The molecule has 7 nitrogen and oxygen atoms in total. The second-order valence-corrected chi connectivity index (χ2v) is 10.8. The molecule has 4 atom stereocenters. The first-order chi connectivity index (χ1) is 22.2. The third kappa shape index (κ3) is 10.1. The van der Waals surface area contributed by atoms with Gasteiger partial charge < -0.3 is 28.4 Å². The van der Waals surface area contributed by atoms with E-state index in [9.17, 15) is 4.79 Å². The van der Waals surface area contributed by atoms with Crippen LogP contribution in [0.15, 0.2) is 133 Å². The SMILES string of the molecule is CC(=O)OCC=C1O[C@H](COCc2ccccc2)[C@@H](OCc2ccccc2)[C@H](OCc2ccccc2)[C@@H]1OCc1ccccc1. The summed E-state index contributed by atoms with van der Waals surface area (Å²) in [6, 6.07) is 39.9. The van der Waals surface area contributed by atoms with Crippen LogP contribution in [0, 0.1) is 0 Å². The van der Waals surface area contributed by atoms with Gasteiger partial charge in [0.1, 0.15) is 30.7 Å². The van der Waals surface area contributed by atoms with Crippen LogP contribution < -0.4 is 0 Å². The molecule has 0 aliphatic carbocycles. The quantitative estimate of drug-likeness (QED) is 0.137. The van der Waals surface area contributed by atoms with E-state index in [2.05, 4.69) is 0 Å². The summed E-state index contributed by atoms with van der Waals surface area (Å²) in [6.07, 6.45) is -0.543. The van der Waals surface area contributed by atoms with Crippen LogP contribution >= 0.6 is 0 Å². The number of carbonyl (C=O) groups is 1. The Morgan fingerprint density at radius 2 is 1.07 bits per heavy atom. The minimum Gasteiger partial charge on any atom is -0.487 e. The van der Waals surface area contributed by atoms with Gasteiger partial charge in [0.15, 0.2) is 6.10 Å². The molecule has 0 bridgehead atoms. The van der Waals surface area contributed by atoms with Crippen LogP contribution in [0.3, 0.4) is 0 Å². The molecule has 0 radical (unpaired) electrons. The fourth-order valence-corrected chi connectivity index (χ4v) is 5.11. The van der Waals surface area contributed by atoms with Crippen molar-refractivity contribution >= 4 is 5.97 Å². The van der Waals surface area contributed by atoms with Gasteiger partial charge in [-0.2, -0.15) is 0 Å². The van der Waals surface area contributed by atoms with Gasteiger partial charge in [0.05, 0.1) is 33.0 Å². The van der Waals surface area contributed by atoms with E-state index in [-0.39, 0.29) is 19.2 Å². The maximum absolute atomic E-state index is 11.6. The molecule has 1 aliphatic rings. The highest BCUT2D eigenvalue weighted by Gasteiger charge is 2.46. The number of rotatable bonds is 15. The van der Waals surface area contributed by atoms with Crippen molar-refractivity contribution in [1.29, 1.82) is 0 Å². The molecule has 0 unspecified atom stereocenters. The smallest absolute Gasteiger partial charge is 0.302 e. The molecular weight excluding hydrogens is 568 g/mol. The first-order valence-electron chi connectivity index (χ1n) is 15.2. The molecule has 0 saturated carbocycles. The zero-order chi connectivity index (χ0) is 31.1. The lowest BCUT2D eigenvalue weighted by molar-refractivity contribution is -0.223. The lowest BCUT2D eigenvalue weighted by atomic mass is 9.96. The molecule has 0 spiro atoms. The molecule has 0 N–H and O–H groups in total. The zero-order valence-corrected chi connectivity index (χ0v) is 25.5. The maximum atomic E-state index is 11.6. The minimum absolute atomic E-state index is 0.0361. The van der Waals surface area contributed by atoms with Crippen molar-refractivity contribution in [2.24, 2.45) is 0 Å². The fourth-order valence-electron chi connectivity index (χ4n) is 5.11. The average molecular weight is 609 g/mol. The lowest BCUT2D eigenvalue weighted by Crippen LogP contribution is -2.56. The molecule has 4 aromatic rings. The number of esters is 1. The molecule has 45 heavy (non-hydrogen) atoms. The van der Waals surface area contributed by atoms with Crippen molar-refractivity contribution in [3.63, 3.8) is 0 Å². The van der Waals surface area contributed by atoms with Crippen molar-refractivity contribution in [2.45, 2.75) is 57.8 Å². The minimum atomic E-state index is -0.643. The molecular formula is C38H40O7. The third-order valence-electron chi connectivity index (χ3n) is 7.36. The third-order valence-corrected chi connectivity index (χ3v) is 7.36. The highest BCUT2D eigenvalue weighted by atomic mass is 16.6. The van der Waals surface area contributed by atoms with Crippen LogP contribution in [0.4, 0.5) is 0 Å². The van der Waals surface area contributed by atoms with Gasteiger partial charge in [-0.05, 0) is 28.3 Å². The van der Waals surface area contributed by atoms with E-state index < -0.39 is 24.4 Å². The number of ether oxygens (including phenoxy) is 6. The Morgan fingerprint density at radius 1 is 0.622 bits per heavy atom. The summed E-state index contributed by atoms with van der Waals surface area (Å²) in [7, 11) is 0. The highest BCUT2D eigenvalue weighted by molar-refractivity contribution is 5.66. The van der Waals surface area contributed by atoms with Gasteiger partial charge in [0.2, 0.25) is 0 Å². The lowest BCUT2D eigenvalue weighted by Gasteiger charge is -2.43. The van der Waals surface area contributed by atoms with E-state index in [1.54, 1.807) is 6.08 Å². The van der Waals surface area contributed by atoms with Gasteiger partial charge in [-0.25, -0.2) is 0 Å². The van der Waals surface area contributed by atoms with Crippen molar-refractivity contribution in [1.82, 2.24) is 0 Å². The molecule has 7 heteroatoms. The molecule has 1 aliphatic heterocycles. The summed E-state index contributed by atoms with van der Waals surface area (Å²) in [4.78, 5) is 11.6. The van der Waals surface area contributed by atoms with Crippen molar-refractivity contribution in [3.8, 4) is 0 Å². The molecule has 1 fully saturated rings. The Balaban J connectivity index is 1.45. The fraction of sp³-hybridized carbons (Fsp3) is 0.289. The summed E-state index contributed by atoms with van der Waals surface area (Å²) in [6.45, 7) is 3.10. The van der Waals surface area contributed by atoms with E-state index in [1.807, 2.05) is 121 Å². The summed E-state index contributed by atoms with van der Waals surface area (Å²) in [5.41, 5.74) is 4.12. The van der Waals surface area contributed by atoms with Crippen molar-refractivity contribution in [3.05, 3.63) is 155 Å². The molecule has 5 rings (SSSR count). The Bertz CT molecular complexity index is 1440. The van der Waals surface area contributed by atoms with Crippen LogP contribution in [0.25, 0.3) is 0 Å². The Kier molecular flexibility index (Phi) is 12.3. The van der Waals surface area contributed by atoms with E-state index >= 15 is 0 Å². The van der Waals surface area contributed by atoms with Crippen molar-refractivity contribution in [2.75, 3.05) is 13.2 Å².